The van der Waals surface area contributed by atoms with E-state index in [-0.39, 0.29) is 11.9 Å². The monoisotopic (exact) mass is 377 g/mol. The van der Waals surface area contributed by atoms with Gasteiger partial charge in [-0.2, -0.15) is 0 Å². The van der Waals surface area contributed by atoms with Gasteiger partial charge in [-0.1, -0.05) is 5.21 Å². The summed E-state index contributed by atoms with van der Waals surface area (Å²) in [5, 5.41) is 14.4. The molecule has 9 nitrogen and oxygen atoms in total. The first-order valence-corrected chi connectivity index (χ1v) is 9.24. The van der Waals surface area contributed by atoms with Gasteiger partial charge >= 0.3 is 0 Å². The maximum absolute atomic E-state index is 12.6. The van der Waals surface area contributed by atoms with Gasteiger partial charge in [0.25, 0.3) is 5.91 Å². The molecule has 0 spiro atoms. The number of carbonyl (C=O) groups excluding carboxylic acids is 1. The van der Waals surface area contributed by atoms with E-state index < -0.39 is 0 Å². The van der Waals surface area contributed by atoms with Gasteiger partial charge in [-0.25, -0.2) is 9.67 Å². The summed E-state index contributed by atoms with van der Waals surface area (Å²) in [7, 11) is 0. The molecular weight excluding hydrogens is 358 g/mol. The Kier molecular flexibility index (Phi) is 4.13. The van der Waals surface area contributed by atoms with Gasteiger partial charge in [-0.05, 0) is 56.3 Å². The van der Waals surface area contributed by atoms with E-state index >= 15 is 0 Å². The third-order valence-corrected chi connectivity index (χ3v) is 4.92. The molecular formula is C19H19N7O2. The summed E-state index contributed by atoms with van der Waals surface area (Å²) in [6.07, 6.45) is 5.29. The van der Waals surface area contributed by atoms with Gasteiger partial charge in [-0.15, -0.1) is 5.10 Å². The molecule has 0 radical (unpaired) electrons. The van der Waals surface area contributed by atoms with Crippen molar-refractivity contribution >= 4 is 22.6 Å². The van der Waals surface area contributed by atoms with Crippen LogP contribution in [-0.2, 0) is 0 Å². The van der Waals surface area contributed by atoms with E-state index in [1.54, 1.807) is 17.1 Å². The number of benzene rings is 1. The van der Waals surface area contributed by atoms with Crippen molar-refractivity contribution in [3.63, 3.8) is 0 Å². The topological polar surface area (TPSA) is 114 Å². The van der Waals surface area contributed by atoms with Crippen LogP contribution in [0.5, 0.6) is 0 Å². The molecule has 1 fully saturated rings. The fourth-order valence-electron chi connectivity index (χ4n) is 3.44. The Balaban J connectivity index is 1.33. The lowest BCUT2D eigenvalue weighted by Gasteiger charge is -2.22. The number of fused-ring (bicyclic) bond motifs is 1. The van der Waals surface area contributed by atoms with Gasteiger partial charge in [0, 0.05) is 5.69 Å². The van der Waals surface area contributed by atoms with Crippen molar-refractivity contribution in [2.75, 3.05) is 18.4 Å². The summed E-state index contributed by atoms with van der Waals surface area (Å²) in [6.45, 7) is 1.91. The van der Waals surface area contributed by atoms with Gasteiger partial charge in [0.1, 0.15) is 0 Å². The van der Waals surface area contributed by atoms with Crippen LogP contribution in [0.1, 0.15) is 29.4 Å². The number of imidazole rings is 1. The van der Waals surface area contributed by atoms with Crippen molar-refractivity contribution in [2.24, 2.45) is 0 Å². The fraction of sp³-hybridized carbons (Fsp3) is 0.263. The van der Waals surface area contributed by atoms with Gasteiger partial charge in [-0.3, -0.25) is 4.79 Å². The molecule has 0 bridgehead atoms. The molecule has 1 aliphatic heterocycles. The van der Waals surface area contributed by atoms with Crippen LogP contribution >= 0.6 is 0 Å². The van der Waals surface area contributed by atoms with Crippen LogP contribution < -0.4 is 10.6 Å². The van der Waals surface area contributed by atoms with E-state index in [9.17, 15) is 4.79 Å². The molecule has 0 atom stereocenters. The Morgan fingerprint density at radius 3 is 2.96 bits per heavy atom. The normalized spacial score (nSPS) is 15.1. The van der Waals surface area contributed by atoms with Crippen LogP contribution in [-0.4, -0.2) is 44.0 Å². The number of rotatable bonds is 4. The number of aromatic amines is 1. The van der Waals surface area contributed by atoms with Crippen LogP contribution in [0.15, 0.2) is 47.2 Å². The van der Waals surface area contributed by atoms with Crippen molar-refractivity contribution in [1.29, 1.82) is 0 Å². The lowest BCUT2D eigenvalue weighted by Crippen LogP contribution is -2.29. The molecule has 0 aliphatic carbocycles. The molecule has 1 saturated heterocycles. The van der Waals surface area contributed by atoms with Crippen LogP contribution in [0, 0.1) is 0 Å². The van der Waals surface area contributed by atoms with Crippen molar-refractivity contribution in [3.8, 4) is 11.6 Å². The number of nitrogens with zero attached hydrogens (tertiary/aromatic N) is 4. The fourth-order valence-corrected chi connectivity index (χ4v) is 3.44. The summed E-state index contributed by atoms with van der Waals surface area (Å²) in [6, 6.07) is 9.43. The second kappa shape index (κ2) is 6.93. The van der Waals surface area contributed by atoms with Gasteiger partial charge < -0.3 is 20.0 Å². The largest absolute Gasteiger partial charge is 0.461 e. The number of furan rings is 1. The number of piperidine rings is 1. The molecule has 4 heterocycles. The zero-order valence-corrected chi connectivity index (χ0v) is 15.1. The number of hydrogen-bond acceptors (Lipinski definition) is 6. The minimum absolute atomic E-state index is 0.287. The number of aromatic nitrogens is 5. The van der Waals surface area contributed by atoms with Crippen LogP contribution in [0.3, 0.4) is 0 Å². The third-order valence-electron chi connectivity index (χ3n) is 4.92. The highest BCUT2D eigenvalue weighted by molar-refractivity contribution is 6.03. The summed E-state index contributed by atoms with van der Waals surface area (Å²) < 4.78 is 7.16. The van der Waals surface area contributed by atoms with Crippen molar-refractivity contribution in [2.45, 2.75) is 18.9 Å². The Morgan fingerprint density at radius 1 is 1.25 bits per heavy atom. The summed E-state index contributed by atoms with van der Waals surface area (Å²) in [5.74, 6) is 1.02. The van der Waals surface area contributed by atoms with E-state index in [1.807, 2.05) is 30.3 Å². The molecule has 142 valence electrons. The summed E-state index contributed by atoms with van der Waals surface area (Å²) >= 11 is 0. The number of amides is 1. The molecule has 0 saturated carbocycles. The average molecular weight is 377 g/mol. The lowest BCUT2D eigenvalue weighted by atomic mass is 10.1. The van der Waals surface area contributed by atoms with Crippen LogP contribution in [0.25, 0.3) is 22.6 Å². The predicted molar refractivity (Wildman–Crippen MR) is 103 cm³/mol. The minimum atomic E-state index is -0.287. The maximum atomic E-state index is 12.6. The van der Waals surface area contributed by atoms with Crippen molar-refractivity contribution in [1.82, 2.24) is 30.3 Å². The molecule has 4 aromatic rings. The molecule has 1 amide bonds. The number of nitrogens with one attached hydrogen (secondary N) is 3. The smallest absolute Gasteiger partial charge is 0.277 e. The van der Waals surface area contributed by atoms with Crippen LogP contribution in [0.4, 0.5) is 5.69 Å². The highest BCUT2D eigenvalue weighted by Gasteiger charge is 2.19. The Hall–Kier alpha value is -3.46. The van der Waals surface area contributed by atoms with Crippen molar-refractivity contribution < 1.29 is 9.21 Å². The maximum Gasteiger partial charge on any atom is 0.277 e. The van der Waals surface area contributed by atoms with E-state index in [0.29, 0.717) is 23.0 Å². The standard InChI is InChI=1S/C19H19N7O2/c27-19(16-11-26(25-24-16)13-5-7-20-8-6-13)21-12-3-4-14-15(10-12)23-18(22-14)17-2-1-9-28-17/h1-4,9-11,13,20H,5-8H2,(H,21,27)(H,22,23). The average Bonchev–Trinajstić information content (AvgIpc) is 3.47. The quantitative estimate of drug-likeness (QED) is 0.504. The first kappa shape index (κ1) is 16.7. The van der Waals surface area contributed by atoms with Gasteiger partial charge in [0.2, 0.25) is 0 Å². The van der Waals surface area contributed by atoms with Crippen molar-refractivity contribution in [3.05, 3.63) is 48.5 Å². The predicted octanol–water partition coefficient (Wildman–Crippen LogP) is 2.59. The SMILES string of the molecule is O=C(Nc1ccc2nc(-c3ccco3)[nH]c2c1)c1cn(C2CCNCC2)nn1. The molecule has 1 aromatic carbocycles. The Morgan fingerprint density at radius 2 is 2.14 bits per heavy atom. The zero-order chi connectivity index (χ0) is 18.9. The summed E-state index contributed by atoms with van der Waals surface area (Å²) in [5.41, 5.74) is 2.56. The first-order valence-electron chi connectivity index (χ1n) is 9.24. The molecule has 0 unspecified atom stereocenters. The first-order chi connectivity index (χ1) is 13.8. The third kappa shape index (κ3) is 3.16. The minimum Gasteiger partial charge on any atom is -0.461 e. The Labute approximate surface area is 160 Å². The van der Waals surface area contributed by atoms with Gasteiger partial charge in [0.15, 0.2) is 17.3 Å². The number of H-pyrrole nitrogens is 1. The Bertz CT molecular complexity index is 1110. The number of hydrogen-bond donors (Lipinski definition) is 3. The highest BCUT2D eigenvalue weighted by atomic mass is 16.3. The molecule has 28 heavy (non-hydrogen) atoms. The summed E-state index contributed by atoms with van der Waals surface area (Å²) in [4.78, 5) is 20.3. The zero-order valence-electron chi connectivity index (χ0n) is 15.1. The second-order valence-electron chi connectivity index (χ2n) is 6.81. The van der Waals surface area contributed by atoms with E-state index in [1.165, 1.54) is 0 Å². The number of carbonyl (C=O) groups is 1. The molecule has 1 aliphatic rings. The van der Waals surface area contributed by atoms with E-state index in [0.717, 1.165) is 37.0 Å². The molecule has 9 heteroatoms. The molecule has 3 aromatic heterocycles. The second-order valence-corrected chi connectivity index (χ2v) is 6.81. The van der Waals surface area contributed by atoms with E-state index in [2.05, 4.69) is 30.9 Å². The molecule has 5 rings (SSSR count). The highest BCUT2D eigenvalue weighted by Crippen LogP contribution is 2.23. The van der Waals surface area contributed by atoms with Crippen LogP contribution in [0.2, 0.25) is 0 Å². The number of anilines is 1. The van der Waals surface area contributed by atoms with E-state index in [4.69, 9.17) is 4.42 Å². The molecule has 3 N–H and O–H groups in total. The van der Waals surface area contributed by atoms with Gasteiger partial charge in [0.05, 0.1) is 29.5 Å². The lowest BCUT2D eigenvalue weighted by molar-refractivity contribution is 0.102.